The lowest BCUT2D eigenvalue weighted by molar-refractivity contribution is -0.116. The van der Waals surface area contributed by atoms with Crippen molar-refractivity contribution in [3.8, 4) is 0 Å². The molecule has 0 atom stereocenters. The largest absolute Gasteiger partial charge is 0.300 e. The van der Waals surface area contributed by atoms with Crippen LogP contribution in [0.5, 0.6) is 0 Å². The summed E-state index contributed by atoms with van der Waals surface area (Å²) in [5, 5.41) is 0. The number of hydrogen-bond donors (Lipinski definition) is 0. The molecule has 1 rings (SSSR count). The van der Waals surface area contributed by atoms with Crippen LogP contribution in [-0.2, 0) is 17.6 Å². The van der Waals surface area contributed by atoms with E-state index < -0.39 is 0 Å². The fourth-order valence-corrected chi connectivity index (χ4v) is 1.25. The van der Waals surface area contributed by atoms with Gasteiger partial charge in [-0.3, -0.25) is 4.79 Å². The van der Waals surface area contributed by atoms with Crippen LogP contribution in [0.4, 0.5) is 0 Å². The predicted molar refractivity (Wildman–Crippen MR) is 50.2 cm³/mol. The van der Waals surface area contributed by atoms with Crippen molar-refractivity contribution < 1.29 is 4.79 Å². The molecule has 0 saturated carbocycles. The first-order valence-electron chi connectivity index (χ1n) is 4.29. The van der Waals surface area contributed by atoms with Crippen LogP contribution in [0, 0.1) is 0 Å². The molecule has 1 aromatic carbocycles. The Morgan fingerprint density at radius 2 is 2.00 bits per heavy atom. The first-order chi connectivity index (χ1) is 5.72. The molecule has 0 radical (unpaired) electrons. The van der Waals surface area contributed by atoms with Crippen LogP contribution in [0.1, 0.15) is 25.0 Å². The highest BCUT2D eigenvalue weighted by Crippen LogP contribution is 2.06. The monoisotopic (exact) mass is 162 g/mol. The van der Waals surface area contributed by atoms with E-state index in [1.807, 2.05) is 12.1 Å². The Kier molecular flexibility index (Phi) is 3.03. The highest BCUT2D eigenvalue weighted by atomic mass is 16.1. The van der Waals surface area contributed by atoms with Gasteiger partial charge in [0.1, 0.15) is 5.78 Å². The number of aryl methyl sites for hydroxylation is 1. The minimum atomic E-state index is 0.225. The molecule has 0 aliphatic carbocycles. The zero-order valence-electron chi connectivity index (χ0n) is 7.63. The van der Waals surface area contributed by atoms with E-state index >= 15 is 0 Å². The number of ketones is 1. The summed E-state index contributed by atoms with van der Waals surface area (Å²) in [7, 11) is 0. The Balaban J connectivity index is 2.79. The number of rotatable bonds is 3. The molecule has 0 bridgehead atoms. The number of Topliss-reactive ketones (excluding diaryl/α,β-unsaturated/α-hetero) is 1. The van der Waals surface area contributed by atoms with E-state index in [0.717, 1.165) is 12.0 Å². The van der Waals surface area contributed by atoms with Gasteiger partial charge in [-0.15, -0.1) is 0 Å². The van der Waals surface area contributed by atoms with Crippen molar-refractivity contribution in [2.24, 2.45) is 0 Å². The Morgan fingerprint density at radius 3 is 2.58 bits per heavy atom. The van der Waals surface area contributed by atoms with Gasteiger partial charge in [0, 0.05) is 6.42 Å². The zero-order chi connectivity index (χ0) is 8.97. The molecule has 0 N–H and O–H groups in total. The summed E-state index contributed by atoms with van der Waals surface area (Å²) >= 11 is 0. The summed E-state index contributed by atoms with van der Waals surface area (Å²) in [5.74, 6) is 0.225. The highest BCUT2D eigenvalue weighted by Gasteiger charge is 1.97. The molecule has 1 nitrogen and oxygen atoms in total. The molecule has 64 valence electrons. The Morgan fingerprint density at radius 1 is 1.33 bits per heavy atom. The first-order valence-corrected chi connectivity index (χ1v) is 4.29. The topological polar surface area (TPSA) is 17.1 Å². The van der Waals surface area contributed by atoms with Crippen LogP contribution in [0.3, 0.4) is 0 Å². The summed E-state index contributed by atoms with van der Waals surface area (Å²) in [6.07, 6.45) is 1.60. The molecule has 1 aromatic rings. The van der Waals surface area contributed by atoms with Crippen LogP contribution in [-0.4, -0.2) is 5.78 Å². The summed E-state index contributed by atoms with van der Waals surface area (Å²) < 4.78 is 0. The van der Waals surface area contributed by atoms with Crippen LogP contribution in [0.25, 0.3) is 0 Å². The molecule has 0 aliphatic heterocycles. The van der Waals surface area contributed by atoms with E-state index in [1.54, 1.807) is 6.92 Å². The molecular formula is C11H14O. The Labute approximate surface area is 73.4 Å². The summed E-state index contributed by atoms with van der Waals surface area (Å²) in [6, 6.07) is 8.20. The molecule has 0 spiro atoms. The molecular weight excluding hydrogens is 148 g/mol. The maximum atomic E-state index is 10.8. The third kappa shape index (κ3) is 2.50. The lowest BCUT2D eigenvalue weighted by atomic mass is 10.1. The van der Waals surface area contributed by atoms with E-state index in [0.29, 0.717) is 6.42 Å². The second-order valence-corrected chi connectivity index (χ2v) is 3.05. The van der Waals surface area contributed by atoms with Gasteiger partial charge in [-0.05, 0) is 24.5 Å². The molecule has 0 heterocycles. The third-order valence-corrected chi connectivity index (χ3v) is 1.85. The van der Waals surface area contributed by atoms with Gasteiger partial charge < -0.3 is 0 Å². The SMILES string of the molecule is CCc1cccc(CC(C)=O)c1. The summed E-state index contributed by atoms with van der Waals surface area (Å²) in [6.45, 7) is 3.74. The number of hydrogen-bond acceptors (Lipinski definition) is 1. The van der Waals surface area contributed by atoms with Crippen molar-refractivity contribution in [2.75, 3.05) is 0 Å². The predicted octanol–water partition coefficient (Wildman–Crippen LogP) is 2.38. The number of carbonyl (C=O) groups is 1. The van der Waals surface area contributed by atoms with E-state index in [-0.39, 0.29) is 5.78 Å². The number of benzene rings is 1. The van der Waals surface area contributed by atoms with Gasteiger partial charge in [-0.1, -0.05) is 31.2 Å². The number of carbonyl (C=O) groups excluding carboxylic acids is 1. The van der Waals surface area contributed by atoms with E-state index in [1.165, 1.54) is 5.56 Å². The molecule has 0 amide bonds. The average Bonchev–Trinajstić information content (AvgIpc) is 2.03. The van der Waals surface area contributed by atoms with E-state index in [4.69, 9.17) is 0 Å². The summed E-state index contributed by atoms with van der Waals surface area (Å²) in [5.41, 5.74) is 2.43. The van der Waals surface area contributed by atoms with Crippen LogP contribution in [0.2, 0.25) is 0 Å². The molecule has 12 heavy (non-hydrogen) atoms. The van der Waals surface area contributed by atoms with Crippen molar-refractivity contribution >= 4 is 5.78 Å². The van der Waals surface area contributed by atoms with Crippen LogP contribution in [0.15, 0.2) is 24.3 Å². The van der Waals surface area contributed by atoms with Gasteiger partial charge >= 0.3 is 0 Å². The van der Waals surface area contributed by atoms with Crippen LogP contribution < -0.4 is 0 Å². The van der Waals surface area contributed by atoms with Crippen molar-refractivity contribution in [3.05, 3.63) is 35.4 Å². The van der Waals surface area contributed by atoms with Crippen molar-refractivity contribution in [2.45, 2.75) is 26.7 Å². The fourth-order valence-electron chi connectivity index (χ4n) is 1.25. The van der Waals surface area contributed by atoms with Gasteiger partial charge in [0.15, 0.2) is 0 Å². The Bertz CT molecular complexity index is 276. The molecule has 0 fully saturated rings. The summed E-state index contributed by atoms with van der Waals surface area (Å²) in [4.78, 5) is 10.8. The fraction of sp³-hybridized carbons (Fsp3) is 0.364. The quantitative estimate of drug-likeness (QED) is 0.667. The molecule has 0 aliphatic rings. The maximum absolute atomic E-state index is 10.8. The third-order valence-electron chi connectivity index (χ3n) is 1.85. The minimum absolute atomic E-state index is 0.225. The van der Waals surface area contributed by atoms with E-state index in [2.05, 4.69) is 19.1 Å². The lowest BCUT2D eigenvalue weighted by Gasteiger charge is -2.00. The van der Waals surface area contributed by atoms with Gasteiger partial charge in [0.25, 0.3) is 0 Å². The second-order valence-electron chi connectivity index (χ2n) is 3.05. The molecule has 0 aromatic heterocycles. The molecule has 1 heteroatoms. The lowest BCUT2D eigenvalue weighted by Crippen LogP contribution is -1.96. The molecule has 0 saturated heterocycles. The smallest absolute Gasteiger partial charge is 0.134 e. The van der Waals surface area contributed by atoms with Gasteiger partial charge in [-0.25, -0.2) is 0 Å². The van der Waals surface area contributed by atoms with Gasteiger partial charge in [0.2, 0.25) is 0 Å². The normalized spacial score (nSPS) is 9.83. The average molecular weight is 162 g/mol. The van der Waals surface area contributed by atoms with Gasteiger partial charge in [-0.2, -0.15) is 0 Å². The van der Waals surface area contributed by atoms with Crippen molar-refractivity contribution in [1.82, 2.24) is 0 Å². The zero-order valence-corrected chi connectivity index (χ0v) is 7.63. The van der Waals surface area contributed by atoms with Crippen molar-refractivity contribution in [3.63, 3.8) is 0 Å². The van der Waals surface area contributed by atoms with Crippen LogP contribution >= 0.6 is 0 Å². The first kappa shape index (κ1) is 8.98. The van der Waals surface area contributed by atoms with E-state index in [9.17, 15) is 4.79 Å². The Hall–Kier alpha value is -1.11. The maximum Gasteiger partial charge on any atom is 0.134 e. The second kappa shape index (κ2) is 4.05. The minimum Gasteiger partial charge on any atom is -0.300 e. The van der Waals surface area contributed by atoms with Crippen molar-refractivity contribution in [1.29, 1.82) is 0 Å². The standard InChI is InChI=1S/C11H14O/c1-3-10-5-4-6-11(8-10)7-9(2)12/h4-6,8H,3,7H2,1-2H3. The molecule has 0 unspecified atom stereocenters. The highest BCUT2D eigenvalue weighted by molar-refractivity contribution is 5.78. The van der Waals surface area contributed by atoms with Gasteiger partial charge in [0.05, 0.1) is 0 Å².